The molecule has 1 heterocycles. The van der Waals surface area contributed by atoms with E-state index in [9.17, 15) is 8.78 Å². The molecule has 0 N–H and O–H groups in total. The van der Waals surface area contributed by atoms with Crippen molar-refractivity contribution in [3.63, 3.8) is 0 Å². The molecule has 0 spiro atoms. The molecule has 1 atom stereocenters. The highest BCUT2D eigenvalue weighted by atomic mass is 35.5. The maximum absolute atomic E-state index is 14.0. The second-order valence-corrected chi connectivity index (χ2v) is 5.74. The number of ether oxygens (including phenoxy) is 1. The average Bonchev–Trinajstić information content (AvgIpc) is 2.48. The zero-order valence-electron chi connectivity index (χ0n) is 12.6. The Morgan fingerprint density at radius 2 is 2.05 bits per heavy atom. The minimum atomic E-state index is -0.548. The molecule has 5 heteroatoms. The van der Waals surface area contributed by atoms with E-state index in [0.29, 0.717) is 5.92 Å². The van der Waals surface area contributed by atoms with Crippen LogP contribution < -0.4 is 4.74 Å². The van der Waals surface area contributed by atoms with Gasteiger partial charge in [-0.1, -0.05) is 37.9 Å². The van der Waals surface area contributed by atoms with Gasteiger partial charge in [0.25, 0.3) is 5.88 Å². The largest absolute Gasteiger partial charge is 0.471 e. The third-order valence-corrected chi connectivity index (χ3v) is 3.91. The molecule has 0 radical (unpaired) electrons. The summed E-state index contributed by atoms with van der Waals surface area (Å²) >= 11 is 5.90. The van der Waals surface area contributed by atoms with Gasteiger partial charge in [-0.05, 0) is 36.1 Å². The van der Waals surface area contributed by atoms with Gasteiger partial charge in [-0.2, -0.15) is 0 Å². The first-order valence-corrected chi connectivity index (χ1v) is 7.59. The van der Waals surface area contributed by atoms with Gasteiger partial charge in [0.05, 0.1) is 5.02 Å². The van der Waals surface area contributed by atoms with Gasteiger partial charge in [-0.25, -0.2) is 13.8 Å². The summed E-state index contributed by atoms with van der Waals surface area (Å²) in [5, 5.41) is 0.244. The number of aromatic nitrogens is 1. The standard InChI is InChI=1S/C17H18ClF2NO/c1-3-11(2)7-12-8-16(20)17(21-9-12)22-10-13-14(18)5-4-6-15(13)19/h4-6,8-9,11H,3,7,10H2,1-2H3. The highest BCUT2D eigenvalue weighted by molar-refractivity contribution is 6.31. The number of rotatable bonds is 6. The van der Waals surface area contributed by atoms with E-state index < -0.39 is 11.6 Å². The normalized spacial score (nSPS) is 12.2. The Labute approximate surface area is 134 Å². The van der Waals surface area contributed by atoms with E-state index in [0.717, 1.165) is 18.4 Å². The molecule has 0 amide bonds. The van der Waals surface area contributed by atoms with Gasteiger partial charge >= 0.3 is 0 Å². The van der Waals surface area contributed by atoms with Crippen LogP contribution in [0.15, 0.2) is 30.5 Å². The van der Waals surface area contributed by atoms with Gasteiger partial charge in [0, 0.05) is 11.8 Å². The Morgan fingerprint density at radius 1 is 1.27 bits per heavy atom. The van der Waals surface area contributed by atoms with Crippen LogP contribution in [0.3, 0.4) is 0 Å². The summed E-state index contributed by atoms with van der Waals surface area (Å²) in [4.78, 5) is 3.98. The molecule has 0 saturated carbocycles. The van der Waals surface area contributed by atoms with Gasteiger partial charge in [-0.3, -0.25) is 0 Å². The van der Waals surface area contributed by atoms with Gasteiger partial charge in [0.1, 0.15) is 12.4 Å². The van der Waals surface area contributed by atoms with Crippen LogP contribution >= 0.6 is 11.6 Å². The third-order valence-electron chi connectivity index (χ3n) is 3.56. The minimum absolute atomic E-state index is 0.146. The van der Waals surface area contributed by atoms with E-state index in [2.05, 4.69) is 18.8 Å². The van der Waals surface area contributed by atoms with E-state index in [1.54, 1.807) is 12.3 Å². The molecule has 0 saturated heterocycles. The molecule has 0 aliphatic carbocycles. The van der Waals surface area contributed by atoms with Crippen LogP contribution in [0, 0.1) is 17.6 Å². The van der Waals surface area contributed by atoms with Crippen molar-refractivity contribution >= 4 is 11.6 Å². The number of benzene rings is 1. The molecule has 22 heavy (non-hydrogen) atoms. The van der Waals surface area contributed by atoms with Crippen LogP contribution in [0.25, 0.3) is 0 Å². The van der Waals surface area contributed by atoms with E-state index in [-0.39, 0.29) is 23.1 Å². The lowest BCUT2D eigenvalue weighted by atomic mass is 10.0. The van der Waals surface area contributed by atoms with E-state index in [1.165, 1.54) is 18.2 Å². The number of halogens is 3. The second-order valence-electron chi connectivity index (χ2n) is 5.34. The number of pyridine rings is 1. The van der Waals surface area contributed by atoms with Gasteiger partial charge in [-0.15, -0.1) is 0 Å². The summed E-state index contributed by atoms with van der Waals surface area (Å²) in [7, 11) is 0. The number of hydrogen-bond acceptors (Lipinski definition) is 2. The van der Waals surface area contributed by atoms with Crippen LogP contribution in [0.4, 0.5) is 8.78 Å². The van der Waals surface area contributed by atoms with E-state index >= 15 is 0 Å². The topological polar surface area (TPSA) is 22.1 Å². The summed E-state index contributed by atoms with van der Waals surface area (Å²) in [6.07, 6.45) is 3.37. The van der Waals surface area contributed by atoms with Crippen LogP contribution in [-0.2, 0) is 13.0 Å². The summed E-state index contributed by atoms with van der Waals surface area (Å²) in [5.74, 6) is -0.716. The minimum Gasteiger partial charge on any atom is -0.471 e. The van der Waals surface area contributed by atoms with E-state index in [1.807, 2.05) is 0 Å². The molecular formula is C17H18ClF2NO. The Kier molecular flexibility index (Phi) is 5.72. The van der Waals surface area contributed by atoms with Crippen LogP contribution in [0.1, 0.15) is 31.4 Å². The summed E-state index contributed by atoms with van der Waals surface area (Å²) in [5.41, 5.74) is 1.01. The zero-order valence-corrected chi connectivity index (χ0v) is 13.3. The molecule has 0 fully saturated rings. The van der Waals surface area contributed by atoms with Crippen molar-refractivity contribution in [1.82, 2.24) is 4.98 Å². The maximum Gasteiger partial charge on any atom is 0.250 e. The lowest BCUT2D eigenvalue weighted by molar-refractivity contribution is 0.272. The molecule has 2 rings (SSSR count). The highest BCUT2D eigenvalue weighted by Crippen LogP contribution is 2.23. The van der Waals surface area contributed by atoms with Crippen LogP contribution in [0.5, 0.6) is 5.88 Å². The molecule has 1 aromatic heterocycles. The maximum atomic E-state index is 14.0. The lowest BCUT2D eigenvalue weighted by Crippen LogP contribution is -2.04. The Bertz CT molecular complexity index is 628. The van der Waals surface area contributed by atoms with Crippen molar-refractivity contribution in [2.24, 2.45) is 5.92 Å². The first kappa shape index (κ1) is 16.7. The fourth-order valence-electron chi connectivity index (χ4n) is 2.04. The van der Waals surface area contributed by atoms with Crippen molar-refractivity contribution in [2.75, 3.05) is 0 Å². The number of nitrogens with zero attached hydrogens (tertiary/aromatic N) is 1. The third kappa shape index (κ3) is 4.17. The van der Waals surface area contributed by atoms with Gasteiger partial charge in [0.15, 0.2) is 5.82 Å². The summed E-state index contributed by atoms with van der Waals surface area (Å²) in [6, 6.07) is 5.76. The summed E-state index contributed by atoms with van der Waals surface area (Å²) < 4.78 is 32.9. The zero-order chi connectivity index (χ0) is 16.1. The smallest absolute Gasteiger partial charge is 0.250 e. The highest BCUT2D eigenvalue weighted by Gasteiger charge is 2.12. The quantitative estimate of drug-likeness (QED) is 0.730. The fourth-order valence-corrected chi connectivity index (χ4v) is 2.26. The SMILES string of the molecule is CCC(C)Cc1cnc(OCc2c(F)cccc2Cl)c(F)c1. The van der Waals surface area contributed by atoms with Crippen molar-refractivity contribution < 1.29 is 13.5 Å². The molecule has 118 valence electrons. The van der Waals surface area contributed by atoms with Crippen molar-refractivity contribution in [2.45, 2.75) is 33.3 Å². The lowest BCUT2D eigenvalue weighted by Gasteiger charge is -2.11. The predicted molar refractivity (Wildman–Crippen MR) is 83.1 cm³/mol. The Balaban J connectivity index is 2.07. The molecular weight excluding hydrogens is 308 g/mol. The van der Waals surface area contributed by atoms with Crippen molar-refractivity contribution in [3.8, 4) is 5.88 Å². The summed E-state index contributed by atoms with van der Waals surface area (Å²) in [6.45, 7) is 4.02. The van der Waals surface area contributed by atoms with Crippen molar-refractivity contribution in [3.05, 3.63) is 58.2 Å². The average molecular weight is 326 g/mol. The van der Waals surface area contributed by atoms with Gasteiger partial charge < -0.3 is 4.74 Å². The molecule has 2 nitrogen and oxygen atoms in total. The molecule has 1 aromatic carbocycles. The van der Waals surface area contributed by atoms with Crippen LogP contribution in [0.2, 0.25) is 5.02 Å². The predicted octanol–water partition coefficient (Wildman–Crippen LogP) is 5.18. The van der Waals surface area contributed by atoms with Gasteiger partial charge in [0.2, 0.25) is 0 Å². The first-order valence-electron chi connectivity index (χ1n) is 7.21. The van der Waals surface area contributed by atoms with Crippen LogP contribution in [-0.4, -0.2) is 4.98 Å². The monoisotopic (exact) mass is 325 g/mol. The Morgan fingerprint density at radius 3 is 2.68 bits per heavy atom. The molecule has 0 aliphatic rings. The number of hydrogen-bond donors (Lipinski definition) is 0. The molecule has 1 unspecified atom stereocenters. The Hall–Kier alpha value is -1.68. The molecule has 0 aliphatic heterocycles. The fraction of sp³-hybridized carbons (Fsp3) is 0.353. The molecule has 2 aromatic rings. The van der Waals surface area contributed by atoms with Crippen molar-refractivity contribution in [1.29, 1.82) is 0 Å². The first-order chi connectivity index (χ1) is 10.5. The van der Waals surface area contributed by atoms with E-state index in [4.69, 9.17) is 16.3 Å². The second kappa shape index (κ2) is 7.54. The molecule has 0 bridgehead atoms.